The first kappa shape index (κ1) is 20.5. The standard InChI is InChI=1S/C21H32N2O3/c1-2-3-6-19(21(22)24)7-4-5-18-8-10-20(11-9-18)26-17-14-23-12-15-25-16-13-23/h4-5,8-11,19H,2-3,6-7,12-17H2,1H3,(H2,22,24)/b5-4+. The Morgan fingerprint density at radius 3 is 2.69 bits per heavy atom. The van der Waals surface area contributed by atoms with Gasteiger partial charge < -0.3 is 15.2 Å². The van der Waals surface area contributed by atoms with Gasteiger partial charge in [0.05, 0.1) is 13.2 Å². The molecule has 1 unspecified atom stereocenters. The molecule has 1 aromatic rings. The molecule has 1 aliphatic rings. The molecule has 1 heterocycles. The molecule has 5 nitrogen and oxygen atoms in total. The van der Waals surface area contributed by atoms with Crippen LogP contribution in [-0.2, 0) is 9.53 Å². The molecule has 144 valence electrons. The normalized spacial score (nSPS) is 16.7. The third-order valence-corrected chi connectivity index (χ3v) is 4.70. The molecule has 0 spiro atoms. The van der Waals surface area contributed by atoms with Crippen LogP contribution in [0.4, 0.5) is 0 Å². The van der Waals surface area contributed by atoms with Gasteiger partial charge in [-0.05, 0) is 30.5 Å². The summed E-state index contributed by atoms with van der Waals surface area (Å²) in [5, 5.41) is 0. The molecule has 2 rings (SSSR count). The van der Waals surface area contributed by atoms with Gasteiger partial charge in [0.1, 0.15) is 12.4 Å². The molecule has 5 heteroatoms. The SMILES string of the molecule is CCCCC(C/C=C/c1ccc(OCCN2CCOCC2)cc1)C(N)=O. The van der Waals surface area contributed by atoms with E-state index in [0.717, 1.165) is 63.4 Å². The maximum Gasteiger partial charge on any atom is 0.220 e. The summed E-state index contributed by atoms with van der Waals surface area (Å²) in [7, 11) is 0. The number of carbonyl (C=O) groups excluding carboxylic acids is 1. The van der Waals surface area contributed by atoms with Crippen LogP contribution in [0.15, 0.2) is 30.3 Å². The maximum atomic E-state index is 11.5. The van der Waals surface area contributed by atoms with Gasteiger partial charge in [-0.25, -0.2) is 0 Å². The highest BCUT2D eigenvalue weighted by molar-refractivity contribution is 5.76. The number of nitrogens with zero attached hydrogens (tertiary/aromatic N) is 1. The predicted octanol–water partition coefficient (Wildman–Crippen LogP) is 3.09. The van der Waals surface area contributed by atoms with Crippen LogP contribution in [0.3, 0.4) is 0 Å². The lowest BCUT2D eigenvalue weighted by Gasteiger charge is -2.26. The lowest BCUT2D eigenvalue weighted by Crippen LogP contribution is -2.38. The third-order valence-electron chi connectivity index (χ3n) is 4.70. The monoisotopic (exact) mass is 360 g/mol. The van der Waals surface area contributed by atoms with Crippen molar-refractivity contribution in [1.82, 2.24) is 4.90 Å². The molecular formula is C21H32N2O3. The van der Waals surface area contributed by atoms with Gasteiger partial charge >= 0.3 is 0 Å². The van der Waals surface area contributed by atoms with Crippen molar-refractivity contribution in [3.8, 4) is 5.75 Å². The molecule has 1 aromatic carbocycles. The van der Waals surface area contributed by atoms with E-state index in [-0.39, 0.29) is 11.8 Å². The number of amides is 1. The van der Waals surface area contributed by atoms with Crippen molar-refractivity contribution in [3.63, 3.8) is 0 Å². The molecule has 1 aliphatic heterocycles. The van der Waals surface area contributed by atoms with Crippen LogP contribution < -0.4 is 10.5 Å². The van der Waals surface area contributed by atoms with Crippen LogP contribution in [0.5, 0.6) is 5.75 Å². The molecule has 1 saturated heterocycles. The number of unbranched alkanes of at least 4 members (excludes halogenated alkanes) is 1. The number of rotatable bonds is 11. The summed E-state index contributed by atoms with van der Waals surface area (Å²) in [5.41, 5.74) is 6.58. The predicted molar refractivity (Wildman–Crippen MR) is 105 cm³/mol. The van der Waals surface area contributed by atoms with Crippen molar-refractivity contribution in [3.05, 3.63) is 35.9 Å². The van der Waals surface area contributed by atoms with Crippen LogP contribution >= 0.6 is 0 Å². The highest BCUT2D eigenvalue weighted by atomic mass is 16.5. The lowest BCUT2D eigenvalue weighted by atomic mass is 9.97. The molecule has 26 heavy (non-hydrogen) atoms. The zero-order valence-electron chi connectivity index (χ0n) is 15.9. The molecule has 0 saturated carbocycles. The molecule has 2 N–H and O–H groups in total. The number of allylic oxidation sites excluding steroid dienone is 1. The number of hydrogen-bond acceptors (Lipinski definition) is 4. The Balaban J connectivity index is 1.72. The summed E-state index contributed by atoms with van der Waals surface area (Å²) in [4.78, 5) is 13.8. The summed E-state index contributed by atoms with van der Waals surface area (Å²) in [6, 6.07) is 8.04. The van der Waals surface area contributed by atoms with Crippen molar-refractivity contribution in [2.75, 3.05) is 39.5 Å². The number of ether oxygens (including phenoxy) is 2. The van der Waals surface area contributed by atoms with Crippen molar-refractivity contribution >= 4 is 12.0 Å². The third kappa shape index (κ3) is 7.58. The van der Waals surface area contributed by atoms with Crippen LogP contribution in [0.2, 0.25) is 0 Å². The van der Waals surface area contributed by atoms with Gasteiger partial charge in [0.2, 0.25) is 5.91 Å². The fourth-order valence-electron chi connectivity index (χ4n) is 2.99. The summed E-state index contributed by atoms with van der Waals surface area (Å²) < 4.78 is 11.2. The first-order valence-corrected chi connectivity index (χ1v) is 9.68. The lowest BCUT2D eigenvalue weighted by molar-refractivity contribution is -0.121. The van der Waals surface area contributed by atoms with Gasteiger partial charge in [-0.3, -0.25) is 9.69 Å². The minimum atomic E-state index is -0.202. The topological polar surface area (TPSA) is 64.8 Å². The minimum Gasteiger partial charge on any atom is -0.492 e. The summed E-state index contributed by atoms with van der Waals surface area (Å²) in [5.74, 6) is 0.620. The number of hydrogen-bond donors (Lipinski definition) is 1. The molecule has 0 bridgehead atoms. The summed E-state index contributed by atoms with van der Waals surface area (Å²) in [6.07, 6.45) is 7.77. The Hall–Kier alpha value is -1.85. The van der Waals surface area contributed by atoms with E-state index in [1.165, 1.54) is 0 Å². The van der Waals surface area contributed by atoms with Crippen LogP contribution in [0.1, 0.15) is 38.2 Å². The van der Waals surface area contributed by atoms with Gasteiger partial charge in [-0.1, -0.05) is 44.1 Å². The molecule has 0 aliphatic carbocycles. The molecule has 0 aromatic heterocycles. The minimum absolute atomic E-state index is 0.0611. The van der Waals surface area contributed by atoms with Crippen molar-refractivity contribution in [2.45, 2.75) is 32.6 Å². The fraction of sp³-hybridized carbons (Fsp3) is 0.571. The van der Waals surface area contributed by atoms with Gasteiger partial charge in [-0.15, -0.1) is 0 Å². The second kappa shape index (κ2) is 11.7. The highest BCUT2D eigenvalue weighted by Crippen LogP contribution is 2.16. The largest absolute Gasteiger partial charge is 0.492 e. The van der Waals surface area contributed by atoms with E-state index in [2.05, 4.69) is 11.8 Å². The Kier molecular flexibility index (Phi) is 9.21. The molecule has 1 atom stereocenters. The van der Waals surface area contributed by atoms with E-state index in [0.29, 0.717) is 13.0 Å². The van der Waals surface area contributed by atoms with E-state index in [1.54, 1.807) is 0 Å². The van der Waals surface area contributed by atoms with E-state index >= 15 is 0 Å². The Bertz CT molecular complexity index is 551. The zero-order valence-corrected chi connectivity index (χ0v) is 15.9. The highest BCUT2D eigenvalue weighted by Gasteiger charge is 2.12. The fourth-order valence-corrected chi connectivity index (χ4v) is 2.99. The number of carbonyl (C=O) groups is 1. The average Bonchev–Trinajstić information content (AvgIpc) is 2.66. The molecule has 0 radical (unpaired) electrons. The molecular weight excluding hydrogens is 328 g/mol. The number of nitrogens with two attached hydrogens (primary N) is 1. The average molecular weight is 360 g/mol. The maximum absolute atomic E-state index is 11.5. The first-order chi connectivity index (χ1) is 12.7. The van der Waals surface area contributed by atoms with Crippen molar-refractivity contribution in [1.29, 1.82) is 0 Å². The number of morpholine rings is 1. The second-order valence-electron chi connectivity index (χ2n) is 6.75. The van der Waals surface area contributed by atoms with Gasteiger partial charge in [0.25, 0.3) is 0 Å². The van der Waals surface area contributed by atoms with Crippen LogP contribution in [-0.4, -0.2) is 50.3 Å². The Labute approximate surface area is 157 Å². The second-order valence-corrected chi connectivity index (χ2v) is 6.75. The van der Waals surface area contributed by atoms with E-state index in [1.807, 2.05) is 36.4 Å². The van der Waals surface area contributed by atoms with Gasteiger partial charge in [0, 0.05) is 25.6 Å². The van der Waals surface area contributed by atoms with Crippen molar-refractivity contribution in [2.24, 2.45) is 11.7 Å². The number of primary amides is 1. The molecule has 1 amide bonds. The zero-order chi connectivity index (χ0) is 18.6. The first-order valence-electron chi connectivity index (χ1n) is 9.68. The van der Waals surface area contributed by atoms with Crippen LogP contribution in [0.25, 0.3) is 6.08 Å². The van der Waals surface area contributed by atoms with Gasteiger partial charge in [0.15, 0.2) is 0 Å². The smallest absolute Gasteiger partial charge is 0.220 e. The Morgan fingerprint density at radius 1 is 1.31 bits per heavy atom. The van der Waals surface area contributed by atoms with Gasteiger partial charge in [-0.2, -0.15) is 0 Å². The Morgan fingerprint density at radius 2 is 2.04 bits per heavy atom. The molecule has 1 fully saturated rings. The van der Waals surface area contributed by atoms with E-state index in [4.69, 9.17) is 15.2 Å². The van der Waals surface area contributed by atoms with Crippen molar-refractivity contribution < 1.29 is 14.3 Å². The number of benzene rings is 1. The quantitative estimate of drug-likeness (QED) is 0.659. The summed E-state index contributed by atoms with van der Waals surface area (Å²) >= 11 is 0. The van der Waals surface area contributed by atoms with Crippen LogP contribution in [0, 0.1) is 5.92 Å². The summed E-state index contributed by atoms with van der Waals surface area (Å²) in [6.45, 7) is 7.34. The van der Waals surface area contributed by atoms with E-state index in [9.17, 15) is 4.79 Å². The van der Waals surface area contributed by atoms with E-state index < -0.39 is 0 Å².